The molecule has 140 valence electrons. The van der Waals surface area contributed by atoms with Gasteiger partial charge in [0.05, 0.1) is 6.04 Å². The molecule has 1 aliphatic rings. The Kier molecular flexibility index (Phi) is 6.28. The molecule has 1 aromatic carbocycles. The molecular formula is C20H27FN4O. The van der Waals surface area contributed by atoms with E-state index < -0.39 is 0 Å². The fourth-order valence-electron chi connectivity index (χ4n) is 3.33. The summed E-state index contributed by atoms with van der Waals surface area (Å²) in [5, 5.41) is 6.54. The number of hydrogen-bond donors (Lipinski definition) is 2. The first-order valence-corrected chi connectivity index (χ1v) is 9.15. The normalized spacial score (nSPS) is 16.7. The summed E-state index contributed by atoms with van der Waals surface area (Å²) in [5.41, 5.74) is 0.619. The second kappa shape index (κ2) is 8.85. The third-order valence-electron chi connectivity index (χ3n) is 4.76. The molecule has 1 atom stereocenters. The molecular weight excluding hydrogens is 331 g/mol. The van der Waals surface area contributed by atoms with E-state index >= 15 is 0 Å². The van der Waals surface area contributed by atoms with E-state index in [0.717, 1.165) is 24.6 Å². The number of rotatable bonds is 6. The van der Waals surface area contributed by atoms with Gasteiger partial charge >= 0.3 is 0 Å². The van der Waals surface area contributed by atoms with Crippen molar-refractivity contribution in [2.45, 2.75) is 32.4 Å². The van der Waals surface area contributed by atoms with E-state index in [9.17, 15) is 4.39 Å². The van der Waals surface area contributed by atoms with Crippen molar-refractivity contribution < 1.29 is 8.81 Å². The lowest BCUT2D eigenvalue weighted by atomic mass is 10.2. The Hall–Kier alpha value is -2.34. The van der Waals surface area contributed by atoms with Crippen molar-refractivity contribution in [2.75, 3.05) is 26.7 Å². The average molecular weight is 358 g/mol. The van der Waals surface area contributed by atoms with Gasteiger partial charge in [-0.15, -0.1) is 0 Å². The molecule has 0 saturated carbocycles. The van der Waals surface area contributed by atoms with Gasteiger partial charge in [0.2, 0.25) is 0 Å². The highest BCUT2D eigenvalue weighted by molar-refractivity contribution is 5.79. The topological polar surface area (TPSA) is 52.8 Å². The molecule has 26 heavy (non-hydrogen) atoms. The summed E-state index contributed by atoms with van der Waals surface area (Å²) >= 11 is 0. The molecule has 1 aliphatic heterocycles. The zero-order valence-corrected chi connectivity index (χ0v) is 15.5. The van der Waals surface area contributed by atoms with E-state index in [0.29, 0.717) is 24.6 Å². The Bertz CT molecular complexity index is 737. The lowest BCUT2D eigenvalue weighted by molar-refractivity contribution is 0.213. The number of nitrogens with one attached hydrogen (secondary N) is 2. The molecule has 1 aromatic heterocycles. The first kappa shape index (κ1) is 18.5. The summed E-state index contributed by atoms with van der Waals surface area (Å²) in [6, 6.07) is 11.0. The molecule has 0 radical (unpaired) electrons. The molecule has 3 rings (SSSR count). The number of furan rings is 1. The van der Waals surface area contributed by atoms with Crippen LogP contribution < -0.4 is 10.6 Å². The molecule has 1 saturated heterocycles. The smallest absolute Gasteiger partial charge is 0.191 e. The van der Waals surface area contributed by atoms with E-state index in [1.807, 2.05) is 19.1 Å². The summed E-state index contributed by atoms with van der Waals surface area (Å²) in [7, 11) is 1.72. The highest BCUT2D eigenvalue weighted by Gasteiger charge is 2.26. The molecule has 2 aromatic rings. The van der Waals surface area contributed by atoms with Gasteiger partial charge in [-0.05, 0) is 51.1 Å². The molecule has 2 N–H and O–H groups in total. The first-order chi connectivity index (χ1) is 12.7. The van der Waals surface area contributed by atoms with Gasteiger partial charge in [-0.3, -0.25) is 9.89 Å². The van der Waals surface area contributed by atoms with Crippen LogP contribution in [-0.2, 0) is 6.54 Å². The van der Waals surface area contributed by atoms with E-state index in [1.54, 1.807) is 19.2 Å². The van der Waals surface area contributed by atoms with E-state index in [4.69, 9.17) is 4.42 Å². The summed E-state index contributed by atoms with van der Waals surface area (Å²) in [6.07, 6.45) is 2.44. The maximum atomic E-state index is 13.8. The van der Waals surface area contributed by atoms with Crippen molar-refractivity contribution in [3.05, 3.63) is 59.3 Å². The van der Waals surface area contributed by atoms with E-state index in [-0.39, 0.29) is 11.9 Å². The number of aliphatic imine (C=N–C) groups is 1. The average Bonchev–Trinajstić information content (AvgIpc) is 3.31. The summed E-state index contributed by atoms with van der Waals surface area (Å²) in [6.45, 7) is 5.19. The lowest BCUT2D eigenvalue weighted by Crippen LogP contribution is -2.42. The molecule has 0 bridgehead atoms. The Labute approximate surface area is 154 Å². The third kappa shape index (κ3) is 4.64. The predicted molar refractivity (Wildman–Crippen MR) is 102 cm³/mol. The van der Waals surface area contributed by atoms with Crippen LogP contribution in [0.4, 0.5) is 4.39 Å². The maximum Gasteiger partial charge on any atom is 0.191 e. The zero-order valence-electron chi connectivity index (χ0n) is 15.5. The highest BCUT2D eigenvalue weighted by Crippen LogP contribution is 2.26. The molecule has 1 unspecified atom stereocenters. The minimum absolute atomic E-state index is 0.165. The number of aryl methyl sites for hydroxylation is 1. The van der Waals surface area contributed by atoms with Crippen molar-refractivity contribution in [1.29, 1.82) is 0 Å². The Morgan fingerprint density at radius 3 is 2.62 bits per heavy atom. The van der Waals surface area contributed by atoms with Crippen LogP contribution in [0, 0.1) is 12.7 Å². The molecule has 1 fully saturated rings. The van der Waals surface area contributed by atoms with E-state index in [1.165, 1.54) is 18.9 Å². The van der Waals surface area contributed by atoms with Crippen LogP contribution in [0.3, 0.4) is 0 Å². The number of guanidine groups is 1. The standard InChI is InChI=1S/C20H27FN4O/c1-15-9-10-19(26-15)18(25-11-5-6-12-25)14-24-20(22-2)23-13-16-7-3-4-8-17(16)21/h3-4,7-10,18H,5-6,11-14H2,1-2H3,(H2,22,23,24). The van der Waals surface area contributed by atoms with Crippen LogP contribution in [0.25, 0.3) is 0 Å². The number of likely N-dealkylation sites (tertiary alicyclic amines) is 1. The number of benzene rings is 1. The first-order valence-electron chi connectivity index (χ1n) is 9.15. The molecule has 0 aliphatic carbocycles. The number of hydrogen-bond acceptors (Lipinski definition) is 3. The minimum Gasteiger partial charge on any atom is -0.465 e. The van der Waals surface area contributed by atoms with Gasteiger partial charge in [0, 0.05) is 25.7 Å². The van der Waals surface area contributed by atoms with Gasteiger partial charge in [0.1, 0.15) is 17.3 Å². The van der Waals surface area contributed by atoms with Gasteiger partial charge in [0.25, 0.3) is 0 Å². The highest BCUT2D eigenvalue weighted by atomic mass is 19.1. The SMILES string of the molecule is CN=C(NCc1ccccc1F)NCC(c1ccc(C)o1)N1CCCC1. The quantitative estimate of drug-likeness (QED) is 0.615. The summed E-state index contributed by atoms with van der Waals surface area (Å²) in [4.78, 5) is 6.69. The zero-order chi connectivity index (χ0) is 18.4. The van der Waals surface area contributed by atoms with Gasteiger partial charge in [0.15, 0.2) is 5.96 Å². The van der Waals surface area contributed by atoms with Gasteiger partial charge in [-0.1, -0.05) is 18.2 Å². The fraction of sp³-hybridized carbons (Fsp3) is 0.450. The van der Waals surface area contributed by atoms with Gasteiger partial charge in [-0.25, -0.2) is 4.39 Å². The molecule has 5 nitrogen and oxygen atoms in total. The van der Waals surface area contributed by atoms with Crippen LogP contribution in [0.1, 0.15) is 36.0 Å². The Morgan fingerprint density at radius 2 is 1.96 bits per heavy atom. The molecule has 0 spiro atoms. The summed E-state index contributed by atoms with van der Waals surface area (Å²) < 4.78 is 19.6. The van der Waals surface area contributed by atoms with Gasteiger partial charge < -0.3 is 15.1 Å². The van der Waals surface area contributed by atoms with Crippen LogP contribution >= 0.6 is 0 Å². The van der Waals surface area contributed by atoms with Gasteiger partial charge in [-0.2, -0.15) is 0 Å². The number of halogens is 1. The predicted octanol–water partition coefficient (Wildman–Crippen LogP) is 3.23. The largest absolute Gasteiger partial charge is 0.465 e. The third-order valence-corrected chi connectivity index (χ3v) is 4.76. The monoisotopic (exact) mass is 358 g/mol. The van der Waals surface area contributed by atoms with Crippen molar-refractivity contribution in [3.63, 3.8) is 0 Å². The number of nitrogens with zero attached hydrogens (tertiary/aromatic N) is 2. The molecule has 0 amide bonds. The Balaban J connectivity index is 1.60. The minimum atomic E-state index is -0.212. The second-order valence-electron chi connectivity index (χ2n) is 6.61. The van der Waals surface area contributed by atoms with Crippen molar-refractivity contribution in [2.24, 2.45) is 4.99 Å². The van der Waals surface area contributed by atoms with Crippen molar-refractivity contribution >= 4 is 5.96 Å². The Morgan fingerprint density at radius 1 is 1.19 bits per heavy atom. The van der Waals surface area contributed by atoms with Crippen LogP contribution in [0.5, 0.6) is 0 Å². The molecule has 6 heteroatoms. The van der Waals surface area contributed by atoms with Crippen LogP contribution in [0.15, 0.2) is 45.8 Å². The van der Waals surface area contributed by atoms with Crippen LogP contribution in [-0.4, -0.2) is 37.5 Å². The van der Waals surface area contributed by atoms with Crippen molar-refractivity contribution in [1.82, 2.24) is 15.5 Å². The second-order valence-corrected chi connectivity index (χ2v) is 6.61. The fourth-order valence-corrected chi connectivity index (χ4v) is 3.33. The maximum absolute atomic E-state index is 13.8. The van der Waals surface area contributed by atoms with Crippen molar-refractivity contribution in [3.8, 4) is 0 Å². The molecule has 2 heterocycles. The lowest BCUT2D eigenvalue weighted by Gasteiger charge is -2.26. The van der Waals surface area contributed by atoms with Crippen LogP contribution in [0.2, 0.25) is 0 Å². The summed E-state index contributed by atoms with van der Waals surface area (Å²) in [5.74, 6) is 2.34. The van der Waals surface area contributed by atoms with E-state index in [2.05, 4.69) is 26.6 Å².